The Kier molecular flexibility index (Phi) is 22.0. The number of hydrogen-bond donors (Lipinski definition) is 0. The van der Waals surface area contributed by atoms with Gasteiger partial charge in [-0.2, -0.15) is 0 Å². The van der Waals surface area contributed by atoms with Crippen molar-refractivity contribution < 1.29 is 0 Å². The predicted molar refractivity (Wildman–Crippen MR) is 642 cm³/mol. The molecule has 0 unspecified atom stereocenters. The monoisotopic (exact) mass is 2060 g/mol. The molecule has 0 spiro atoms. The molecule has 20 heteroatoms. The molecular formula is C130H80N12S8. The highest BCUT2D eigenvalue weighted by molar-refractivity contribution is 7.31. The van der Waals surface area contributed by atoms with Gasteiger partial charge in [-0.25, -0.2) is 39.9 Å². The fourth-order valence-electron chi connectivity index (χ4n) is 21.4. The van der Waals surface area contributed by atoms with Crippen LogP contribution < -0.4 is 0 Å². The van der Waals surface area contributed by atoms with Gasteiger partial charge in [0, 0.05) is 168 Å². The van der Waals surface area contributed by atoms with Crippen LogP contribution in [0.5, 0.6) is 0 Å². The summed E-state index contributed by atoms with van der Waals surface area (Å²) in [6, 6.07) is 157. The molecule has 0 aliphatic carbocycles. The third kappa shape index (κ3) is 15.0. The zero-order chi connectivity index (χ0) is 99.1. The third-order valence-corrected chi connectivity index (χ3v) is 37.3. The molecule has 0 radical (unpaired) electrons. The van der Waals surface area contributed by atoms with Gasteiger partial charge in [0.1, 0.15) is 44.3 Å². The van der Waals surface area contributed by atoms with E-state index in [4.69, 9.17) is 39.9 Å². The van der Waals surface area contributed by atoms with Crippen molar-refractivity contribution in [3.8, 4) is 114 Å². The van der Waals surface area contributed by atoms with Crippen LogP contribution in [0, 0.1) is 13.8 Å². The van der Waals surface area contributed by atoms with Crippen molar-refractivity contribution in [3.63, 3.8) is 0 Å². The molecule has 0 aliphatic rings. The summed E-state index contributed by atoms with van der Waals surface area (Å²) in [6.45, 7) is 4.21. The lowest BCUT2D eigenvalue weighted by Gasteiger charge is -2.18. The molecule has 708 valence electrons. The van der Waals surface area contributed by atoms with Crippen LogP contribution in [0.15, 0.2) is 449 Å². The van der Waals surface area contributed by atoms with Gasteiger partial charge < -0.3 is 0 Å². The van der Waals surface area contributed by atoms with Crippen LogP contribution >= 0.6 is 90.7 Å². The first-order valence-electron chi connectivity index (χ1n) is 49.6. The lowest BCUT2D eigenvalue weighted by atomic mass is 10.0. The van der Waals surface area contributed by atoms with Crippen molar-refractivity contribution in [2.45, 2.75) is 13.8 Å². The van der Waals surface area contributed by atoms with Crippen molar-refractivity contribution in [1.82, 2.24) is 58.1 Å². The molecular weight excluding hydrogens is 1990 g/mol. The molecule has 0 bridgehead atoms. The predicted octanol–water partition coefficient (Wildman–Crippen LogP) is 38.0. The van der Waals surface area contributed by atoms with Crippen LogP contribution in [0.4, 0.5) is 0 Å². The zero-order valence-corrected chi connectivity index (χ0v) is 86.9. The quantitative estimate of drug-likeness (QED) is 0.119. The molecule has 16 aromatic heterocycles. The van der Waals surface area contributed by atoms with Crippen molar-refractivity contribution in [2.75, 3.05) is 0 Å². The lowest BCUT2D eigenvalue weighted by molar-refractivity contribution is 0.997. The standard InChI is InChI=1S/C38H23N3S2.2C32H19N3S2.C28H19N3S2/c1-4-14-24(15-5-1)33-35(34(25-16-6-2-7-17-25)40-36(39-33)26-18-8-3-9-19-26)41-37-31(27-20-10-12-22-29(27)42-37)32-28-21-11-13-23-30(28)43-38(32)41;2*1-3-11-20(12-4-1)24-19-25(21-13-5-2-6-14-21)34-32(33-24)35-30-28(22-15-7-9-17-26(22)36-30)29-23-16-8-10-18-27(23)37-31(29)35;1-16-25(17(2)30-26(29-16)18-10-4-3-5-11-18)31-27-23(19-12-6-8-14-21(19)32-27)24-20-13-7-9-15-22(20)33-28(24)31/h1-23H;2*1-19H;3-15H,1-2H3. The van der Waals surface area contributed by atoms with E-state index in [0.29, 0.717) is 11.9 Å². The van der Waals surface area contributed by atoms with Crippen molar-refractivity contribution in [1.29, 1.82) is 0 Å². The second kappa shape index (κ2) is 37.0. The summed E-state index contributed by atoms with van der Waals surface area (Å²) in [6.07, 6.45) is 0. The summed E-state index contributed by atoms with van der Waals surface area (Å²) in [5.41, 5.74) is 18.1. The zero-order valence-electron chi connectivity index (χ0n) is 80.4. The highest BCUT2D eigenvalue weighted by atomic mass is 32.1. The van der Waals surface area contributed by atoms with Crippen LogP contribution in [-0.4, -0.2) is 58.1 Å². The average molecular weight is 2070 g/mol. The van der Waals surface area contributed by atoms with Crippen molar-refractivity contribution >= 4 is 253 Å². The summed E-state index contributed by atoms with van der Waals surface area (Å²) < 4.78 is 19.8. The van der Waals surface area contributed by atoms with Crippen molar-refractivity contribution in [2.24, 2.45) is 0 Å². The normalized spacial score (nSPS) is 11.8. The third-order valence-electron chi connectivity index (χ3n) is 28.1. The first kappa shape index (κ1) is 89.1. The van der Waals surface area contributed by atoms with E-state index in [9.17, 15) is 0 Å². The largest absolute Gasteiger partial charge is 0.288 e. The summed E-state index contributed by atoms with van der Waals surface area (Å²) in [5, 5.41) is 20.8. The van der Waals surface area contributed by atoms with Crippen LogP contribution in [0.1, 0.15) is 11.4 Å². The van der Waals surface area contributed by atoms with Gasteiger partial charge in [-0.05, 0) is 74.5 Å². The SMILES string of the molecule is Cc1nc(-c2ccccc2)nc(C)c1-n1c2sc3ccccc3c2c2c3ccccc3sc21.c1ccc(-c2cc(-c3ccccc3)nc(-n3c4sc5ccccc5c4c4c5ccccc5sc43)n2)cc1.c1ccc(-c2cc(-c3ccccc3)nc(-n3c4sc5ccccc5c4c4c5ccccc5sc43)n2)cc1.c1ccc(-c2nc(-c3ccccc3)c(-n3c4sc5ccccc5c4c4c5ccccc5sc43)c(-c3ccccc3)n2)cc1. The van der Waals surface area contributed by atoms with Crippen LogP contribution in [0.25, 0.3) is 276 Å². The van der Waals surface area contributed by atoms with Crippen LogP contribution in [-0.2, 0) is 0 Å². The molecule has 32 rings (SSSR count). The number of aromatic nitrogens is 12. The fraction of sp³-hybridized carbons (Fsp3) is 0.0154. The maximum absolute atomic E-state index is 5.35. The highest BCUT2D eigenvalue weighted by Gasteiger charge is 2.33. The summed E-state index contributed by atoms with van der Waals surface area (Å²) in [5.74, 6) is 2.91. The Balaban J connectivity index is 0.0000000943. The van der Waals surface area contributed by atoms with Crippen LogP contribution in [0.3, 0.4) is 0 Å². The number of benzene rings is 16. The smallest absolute Gasteiger partial charge is 0.237 e. The van der Waals surface area contributed by atoms with Gasteiger partial charge in [-0.1, -0.05) is 388 Å². The Labute approximate surface area is 890 Å². The van der Waals surface area contributed by atoms with Gasteiger partial charge in [0.05, 0.1) is 51.2 Å². The van der Waals surface area contributed by atoms with E-state index in [2.05, 4.69) is 420 Å². The van der Waals surface area contributed by atoms with E-state index in [1.807, 2.05) is 151 Å². The summed E-state index contributed by atoms with van der Waals surface area (Å²) >= 11 is 14.7. The molecule has 0 saturated heterocycles. The molecule has 0 saturated carbocycles. The molecule has 32 aromatic rings. The van der Waals surface area contributed by atoms with Gasteiger partial charge in [-0.3, -0.25) is 18.3 Å². The van der Waals surface area contributed by atoms with E-state index in [1.54, 1.807) is 0 Å². The fourth-order valence-corrected chi connectivity index (χ4v) is 31.4. The van der Waals surface area contributed by atoms with E-state index in [-0.39, 0.29) is 0 Å². The number of aryl methyl sites for hydroxylation is 2. The minimum absolute atomic E-state index is 0.707. The number of rotatable bonds is 12. The van der Waals surface area contributed by atoms with E-state index >= 15 is 0 Å². The van der Waals surface area contributed by atoms with E-state index in [0.717, 1.165) is 113 Å². The Morgan fingerprint density at radius 1 is 0.160 bits per heavy atom. The lowest BCUT2D eigenvalue weighted by Crippen LogP contribution is -2.06. The molecule has 0 amide bonds. The number of thiophene rings is 8. The first-order valence-corrected chi connectivity index (χ1v) is 56.1. The summed E-state index contributed by atoms with van der Waals surface area (Å²) in [7, 11) is 0. The minimum Gasteiger partial charge on any atom is -0.288 e. The van der Waals surface area contributed by atoms with Gasteiger partial charge in [-0.15, -0.1) is 90.7 Å². The average Bonchev–Trinajstić information content (AvgIpc) is 1.61. The molecule has 150 heavy (non-hydrogen) atoms. The maximum Gasteiger partial charge on any atom is 0.237 e. The number of fused-ring (bicyclic) bond motifs is 28. The Morgan fingerprint density at radius 2 is 0.333 bits per heavy atom. The molecule has 0 atom stereocenters. The van der Waals surface area contributed by atoms with Gasteiger partial charge in [0.15, 0.2) is 11.6 Å². The molecule has 16 aromatic carbocycles. The van der Waals surface area contributed by atoms with Gasteiger partial charge in [0.2, 0.25) is 11.9 Å². The number of nitrogens with zero attached hydrogens (tertiary/aromatic N) is 12. The Morgan fingerprint density at radius 3 is 0.553 bits per heavy atom. The minimum atomic E-state index is 0.707. The molecule has 16 heterocycles. The first-order chi connectivity index (χ1) is 74.2. The molecule has 0 fully saturated rings. The van der Waals surface area contributed by atoms with Gasteiger partial charge >= 0.3 is 0 Å². The Bertz CT molecular complexity index is 10000. The Hall–Kier alpha value is -17.3. The topological polar surface area (TPSA) is 123 Å². The molecule has 0 aliphatic heterocycles. The van der Waals surface area contributed by atoms with Gasteiger partial charge in [0.25, 0.3) is 0 Å². The highest BCUT2D eigenvalue weighted by Crippen LogP contribution is 2.56. The molecule has 0 N–H and O–H groups in total. The molecule has 12 nitrogen and oxygen atoms in total. The summed E-state index contributed by atoms with van der Waals surface area (Å²) in [4.78, 5) is 51.1. The second-order valence-electron chi connectivity index (χ2n) is 37.0. The maximum atomic E-state index is 5.35. The number of hydrogen-bond acceptors (Lipinski definition) is 16. The van der Waals surface area contributed by atoms with Crippen molar-refractivity contribution in [3.05, 3.63) is 460 Å². The van der Waals surface area contributed by atoms with E-state index < -0.39 is 0 Å². The second-order valence-corrected chi connectivity index (χ2v) is 45.3. The van der Waals surface area contributed by atoms with Crippen LogP contribution in [0.2, 0.25) is 0 Å². The van der Waals surface area contributed by atoms with E-state index in [1.165, 1.54) is 162 Å².